The summed E-state index contributed by atoms with van der Waals surface area (Å²) in [6.45, 7) is 2.64. The van der Waals surface area contributed by atoms with Crippen LogP contribution in [0.4, 0.5) is 0 Å². The molecule has 110 valence electrons. The second kappa shape index (κ2) is 13.9. The highest BCUT2D eigenvalue weighted by atomic mass is 35.5. The smallest absolute Gasteiger partial charge is 0.0466 e. The Balaban J connectivity index is 0.00000324. The van der Waals surface area contributed by atoms with Crippen LogP contribution in [0.5, 0.6) is 0 Å². The average Bonchev–Trinajstić information content (AvgIpc) is 2.42. The summed E-state index contributed by atoms with van der Waals surface area (Å²) in [5, 5.41) is 0. The fourth-order valence-electron chi connectivity index (χ4n) is 1.98. The van der Waals surface area contributed by atoms with E-state index >= 15 is 0 Å². The van der Waals surface area contributed by atoms with Crippen molar-refractivity contribution in [2.45, 2.75) is 44.9 Å². The van der Waals surface area contributed by atoms with Gasteiger partial charge in [-0.2, -0.15) is 0 Å². The molecule has 0 saturated heterocycles. The van der Waals surface area contributed by atoms with Crippen molar-refractivity contribution >= 4 is 12.4 Å². The molecule has 2 N–H and O–H groups in total. The first-order chi connectivity index (χ1) is 8.93. The Bertz CT molecular complexity index is 279. The summed E-state index contributed by atoms with van der Waals surface area (Å²) >= 11 is 0. The van der Waals surface area contributed by atoms with Crippen molar-refractivity contribution in [3.05, 3.63) is 35.9 Å². The van der Waals surface area contributed by atoms with Gasteiger partial charge in [0.05, 0.1) is 0 Å². The zero-order chi connectivity index (χ0) is 12.9. The molecule has 1 rings (SSSR count). The lowest BCUT2D eigenvalue weighted by molar-refractivity contribution is 0.126. The fraction of sp³-hybridized carbons (Fsp3) is 0.625. The third-order valence-electron chi connectivity index (χ3n) is 3.09. The minimum atomic E-state index is 0. The molecule has 2 nitrogen and oxygen atoms in total. The van der Waals surface area contributed by atoms with Crippen molar-refractivity contribution in [1.29, 1.82) is 0 Å². The molecule has 0 atom stereocenters. The summed E-state index contributed by atoms with van der Waals surface area (Å²) in [4.78, 5) is 0. The third-order valence-corrected chi connectivity index (χ3v) is 3.09. The quantitative estimate of drug-likeness (QED) is 0.625. The normalized spacial score (nSPS) is 10.2. The second-order valence-corrected chi connectivity index (χ2v) is 4.76. The number of hydrogen-bond acceptors (Lipinski definition) is 2. The lowest BCUT2D eigenvalue weighted by atomic mass is 10.1. The third kappa shape index (κ3) is 11.0. The molecule has 3 heteroatoms. The van der Waals surface area contributed by atoms with E-state index in [0.717, 1.165) is 32.6 Å². The maximum Gasteiger partial charge on any atom is 0.0466 e. The maximum absolute atomic E-state index is 5.62. The molecule has 1 aromatic carbocycles. The van der Waals surface area contributed by atoms with E-state index < -0.39 is 0 Å². The van der Waals surface area contributed by atoms with Gasteiger partial charge in [0.25, 0.3) is 0 Å². The molecule has 19 heavy (non-hydrogen) atoms. The van der Waals surface area contributed by atoms with Crippen molar-refractivity contribution in [1.82, 2.24) is 0 Å². The van der Waals surface area contributed by atoms with Crippen molar-refractivity contribution in [3.8, 4) is 0 Å². The molecule has 1 aromatic rings. The first-order valence-corrected chi connectivity index (χ1v) is 7.25. The molecule has 0 bridgehead atoms. The van der Waals surface area contributed by atoms with E-state index in [9.17, 15) is 0 Å². The van der Waals surface area contributed by atoms with Gasteiger partial charge in [0.2, 0.25) is 0 Å². The van der Waals surface area contributed by atoms with Crippen LogP contribution in [0.2, 0.25) is 0 Å². The summed E-state index contributed by atoms with van der Waals surface area (Å²) in [7, 11) is 0. The van der Waals surface area contributed by atoms with E-state index in [4.69, 9.17) is 10.5 Å². The zero-order valence-corrected chi connectivity index (χ0v) is 12.7. The van der Waals surface area contributed by atoms with Crippen LogP contribution in [-0.4, -0.2) is 19.8 Å². The van der Waals surface area contributed by atoms with Gasteiger partial charge in [0.15, 0.2) is 0 Å². The van der Waals surface area contributed by atoms with E-state index in [1.54, 1.807) is 0 Å². The molecule has 0 aliphatic carbocycles. The lowest BCUT2D eigenvalue weighted by Crippen LogP contribution is -2.00. The average molecular weight is 286 g/mol. The highest BCUT2D eigenvalue weighted by molar-refractivity contribution is 5.85. The van der Waals surface area contributed by atoms with Crippen molar-refractivity contribution < 1.29 is 4.74 Å². The van der Waals surface area contributed by atoms with Gasteiger partial charge in [-0.3, -0.25) is 0 Å². The number of benzene rings is 1. The monoisotopic (exact) mass is 285 g/mol. The molecule has 0 amide bonds. The van der Waals surface area contributed by atoms with Crippen molar-refractivity contribution in [2.24, 2.45) is 5.73 Å². The Kier molecular flexibility index (Phi) is 13.4. The van der Waals surface area contributed by atoms with E-state index in [-0.39, 0.29) is 12.4 Å². The van der Waals surface area contributed by atoms with Gasteiger partial charge in [-0.05, 0) is 44.2 Å². The number of nitrogens with two attached hydrogens (primary N) is 1. The summed E-state index contributed by atoms with van der Waals surface area (Å²) in [5.74, 6) is 0. The zero-order valence-electron chi connectivity index (χ0n) is 11.9. The fourth-order valence-corrected chi connectivity index (χ4v) is 1.98. The first-order valence-electron chi connectivity index (χ1n) is 7.25. The molecule has 0 spiro atoms. The van der Waals surface area contributed by atoms with E-state index in [0.29, 0.717) is 0 Å². The predicted octanol–water partition coefficient (Wildman–Crippen LogP) is 3.97. The molecule has 0 unspecified atom stereocenters. The number of unbranched alkanes of at least 4 members (excludes halogenated alkanes) is 4. The molecular weight excluding hydrogens is 258 g/mol. The van der Waals surface area contributed by atoms with Crippen LogP contribution in [0.3, 0.4) is 0 Å². The molecular formula is C16H28ClNO. The molecule has 0 fully saturated rings. The van der Waals surface area contributed by atoms with E-state index in [2.05, 4.69) is 30.3 Å². The maximum atomic E-state index is 5.62. The van der Waals surface area contributed by atoms with Crippen LogP contribution >= 0.6 is 12.4 Å². The Hall–Kier alpha value is -0.570. The molecule has 0 heterocycles. The number of halogens is 1. The number of aryl methyl sites for hydroxylation is 1. The van der Waals surface area contributed by atoms with Crippen LogP contribution < -0.4 is 5.73 Å². The Morgan fingerprint density at radius 2 is 1.42 bits per heavy atom. The minimum absolute atomic E-state index is 0. The van der Waals surface area contributed by atoms with Gasteiger partial charge in [-0.15, -0.1) is 12.4 Å². The molecule has 0 saturated carbocycles. The molecule has 0 aromatic heterocycles. The predicted molar refractivity (Wildman–Crippen MR) is 85.0 cm³/mol. The van der Waals surface area contributed by atoms with Gasteiger partial charge in [0.1, 0.15) is 0 Å². The van der Waals surface area contributed by atoms with E-state index in [1.807, 2.05) is 0 Å². The molecule has 0 aliphatic heterocycles. The number of hydrogen-bond donors (Lipinski definition) is 1. The highest BCUT2D eigenvalue weighted by Gasteiger charge is 1.93. The van der Waals surface area contributed by atoms with Crippen LogP contribution in [0.15, 0.2) is 30.3 Å². The van der Waals surface area contributed by atoms with Gasteiger partial charge >= 0.3 is 0 Å². The van der Waals surface area contributed by atoms with Crippen LogP contribution in [0.1, 0.15) is 44.1 Å². The lowest BCUT2D eigenvalue weighted by Gasteiger charge is -2.04. The van der Waals surface area contributed by atoms with Crippen LogP contribution in [0, 0.1) is 0 Å². The summed E-state index contributed by atoms with van der Waals surface area (Å²) in [6.07, 6.45) is 8.38. The SMILES string of the molecule is Cl.NCCCCCCOCCCCc1ccccc1. The van der Waals surface area contributed by atoms with Gasteiger partial charge in [0, 0.05) is 13.2 Å². The van der Waals surface area contributed by atoms with Crippen molar-refractivity contribution in [3.63, 3.8) is 0 Å². The molecule has 0 radical (unpaired) electrons. The van der Waals surface area contributed by atoms with Crippen LogP contribution in [-0.2, 0) is 11.2 Å². The second-order valence-electron chi connectivity index (χ2n) is 4.76. The molecule has 0 aliphatic rings. The summed E-state index contributed by atoms with van der Waals surface area (Å²) < 4.78 is 5.62. The van der Waals surface area contributed by atoms with Gasteiger partial charge < -0.3 is 10.5 Å². The first kappa shape index (κ1) is 18.4. The summed E-state index contributed by atoms with van der Waals surface area (Å²) in [5.41, 5.74) is 6.87. The van der Waals surface area contributed by atoms with Crippen LogP contribution in [0.25, 0.3) is 0 Å². The minimum Gasteiger partial charge on any atom is -0.381 e. The van der Waals surface area contributed by atoms with Crippen molar-refractivity contribution in [2.75, 3.05) is 19.8 Å². The Labute approximate surface area is 124 Å². The van der Waals surface area contributed by atoms with Gasteiger partial charge in [-0.1, -0.05) is 43.2 Å². The van der Waals surface area contributed by atoms with Gasteiger partial charge in [-0.25, -0.2) is 0 Å². The number of rotatable bonds is 11. The van der Waals surface area contributed by atoms with E-state index in [1.165, 1.54) is 37.7 Å². The largest absolute Gasteiger partial charge is 0.381 e. The highest BCUT2D eigenvalue weighted by Crippen LogP contribution is 2.05. The Morgan fingerprint density at radius 3 is 2.11 bits per heavy atom. The Morgan fingerprint density at radius 1 is 0.789 bits per heavy atom. The topological polar surface area (TPSA) is 35.2 Å². The number of ether oxygens (including phenoxy) is 1. The standard InChI is InChI=1S/C16H27NO.ClH/c17-13-7-1-2-8-14-18-15-9-6-12-16-10-4-3-5-11-16;/h3-5,10-11H,1-2,6-9,12-15,17H2;1H. The summed E-state index contributed by atoms with van der Waals surface area (Å²) in [6, 6.07) is 10.7.